The number of benzene rings is 1. The molecule has 28 heavy (non-hydrogen) atoms. The highest BCUT2D eigenvalue weighted by Gasteiger charge is 2.28. The van der Waals surface area contributed by atoms with E-state index in [0.717, 1.165) is 64.7 Å². The fraction of sp³-hybridized carbons (Fsp3) is 0.667. The van der Waals surface area contributed by atoms with Crippen LogP contribution >= 0.6 is 0 Å². The second-order valence-corrected chi connectivity index (χ2v) is 7.54. The highest BCUT2D eigenvalue weighted by atomic mass is 19.1. The molecular weight excluding hydrogens is 359 g/mol. The third-order valence-electron chi connectivity index (χ3n) is 4.78. The fourth-order valence-electron chi connectivity index (χ4n) is 3.04. The largest absolute Gasteiger partial charge is 0.494 e. The summed E-state index contributed by atoms with van der Waals surface area (Å²) in [5, 5.41) is 6.70. The molecule has 0 aliphatic carbocycles. The van der Waals surface area contributed by atoms with E-state index in [1.165, 1.54) is 12.1 Å². The van der Waals surface area contributed by atoms with Gasteiger partial charge in [0.05, 0.1) is 26.4 Å². The van der Waals surface area contributed by atoms with Crippen LogP contribution in [0.4, 0.5) is 4.39 Å². The lowest BCUT2D eigenvalue weighted by Crippen LogP contribution is -2.52. The van der Waals surface area contributed by atoms with E-state index in [4.69, 9.17) is 14.5 Å². The van der Waals surface area contributed by atoms with E-state index >= 15 is 0 Å². The summed E-state index contributed by atoms with van der Waals surface area (Å²) >= 11 is 0. The highest BCUT2D eigenvalue weighted by molar-refractivity contribution is 5.79. The van der Waals surface area contributed by atoms with Gasteiger partial charge in [-0.25, -0.2) is 4.39 Å². The van der Waals surface area contributed by atoms with Gasteiger partial charge in [-0.15, -0.1) is 0 Å². The van der Waals surface area contributed by atoms with Gasteiger partial charge in [-0.3, -0.25) is 9.89 Å². The van der Waals surface area contributed by atoms with E-state index in [1.807, 2.05) is 0 Å². The summed E-state index contributed by atoms with van der Waals surface area (Å²) in [5.41, 5.74) is 0.00906. The minimum Gasteiger partial charge on any atom is -0.494 e. The quantitative estimate of drug-likeness (QED) is 0.363. The molecule has 1 aliphatic heterocycles. The predicted octanol–water partition coefficient (Wildman–Crippen LogP) is 2.65. The molecule has 1 aliphatic rings. The Kier molecular flexibility index (Phi) is 9.50. The van der Waals surface area contributed by atoms with Crippen LogP contribution in [0.15, 0.2) is 29.3 Å². The van der Waals surface area contributed by atoms with E-state index in [0.29, 0.717) is 12.4 Å². The highest BCUT2D eigenvalue weighted by Crippen LogP contribution is 2.16. The Balaban J connectivity index is 1.68. The minimum atomic E-state index is -0.247. The first kappa shape index (κ1) is 22.4. The number of guanidine groups is 1. The summed E-state index contributed by atoms with van der Waals surface area (Å²) in [4.78, 5) is 7.22. The van der Waals surface area contributed by atoms with Gasteiger partial charge in [-0.1, -0.05) is 0 Å². The first-order chi connectivity index (χ1) is 13.5. The molecular formula is C21H35FN4O2. The van der Waals surface area contributed by atoms with E-state index in [-0.39, 0.29) is 11.4 Å². The first-order valence-electron chi connectivity index (χ1n) is 10.2. The molecule has 2 rings (SSSR count). The summed E-state index contributed by atoms with van der Waals surface area (Å²) in [7, 11) is 0. The molecule has 0 amide bonds. The van der Waals surface area contributed by atoms with Crippen molar-refractivity contribution >= 4 is 5.96 Å². The van der Waals surface area contributed by atoms with E-state index in [2.05, 4.69) is 36.3 Å². The number of hydrogen-bond donors (Lipinski definition) is 2. The predicted molar refractivity (Wildman–Crippen MR) is 112 cm³/mol. The zero-order valence-corrected chi connectivity index (χ0v) is 17.5. The number of nitrogens with zero attached hydrogens (tertiary/aromatic N) is 2. The number of nitrogens with one attached hydrogen (secondary N) is 2. The fourth-order valence-corrected chi connectivity index (χ4v) is 3.04. The van der Waals surface area contributed by atoms with Gasteiger partial charge in [0.25, 0.3) is 0 Å². The van der Waals surface area contributed by atoms with Crippen LogP contribution in [-0.2, 0) is 4.74 Å². The summed E-state index contributed by atoms with van der Waals surface area (Å²) in [5.74, 6) is 1.31. The van der Waals surface area contributed by atoms with Crippen molar-refractivity contribution in [2.24, 2.45) is 4.99 Å². The van der Waals surface area contributed by atoms with Crippen LogP contribution in [0.5, 0.6) is 5.75 Å². The Bertz CT molecular complexity index is 587. The summed E-state index contributed by atoms with van der Waals surface area (Å²) < 4.78 is 23.9. The maximum Gasteiger partial charge on any atom is 0.191 e. The zero-order chi connectivity index (χ0) is 20.2. The number of morpholine rings is 1. The topological polar surface area (TPSA) is 58.1 Å². The standard InChI is InChI=1S/C21H35FN4O2/c1-4-23-20(25-17-21(2,3)26-12-15-27-16-13-26)24-11-5-6-14-28-19-9-7-18(22)8-10-19/h7-10H,4-6,11-17H2,1-3H3,(H2,23,24,25). The van der Waals surface area contributed by atoms with Gasteiger partial charge >= 0.3 is 0 Å². The number of halogens is 1. The van der Waals surface area contributed by atoms with Gasteiger partial charge < -0.3 is 20.1 Å². The molecule has 1 aromatic carbocycles. The zero-order valence-electron chi connectivity index (χ0n) is 17.5. The van der Waals surface area contributed by atoms with Gasteiger partial charge in [-0.05, 0) is 57.9 Å². The molecule has 2 N–H and O–H groups in total. The van der Waals surface area contributed by atoms with Crippen LogP contribution in [0.1, 0.15) is 33.6 Å². The Morgan fingerprint density at radius 1 is 1.18 bits per heavy atom. The van der Waals surface area contributed by atoms with Crippen molar-refractivity contribution in [2.45, 2.75) is 39.2 Å². The molecule has 7 heteroatoms. The normalized spacial score (nSPS) is 16.1. The van der Waals surface area contributed by atoms with E-state index in [1.54, 1.807) is 12.1 Å². The number of hydrogen-bond acceptors (Lipinski definition) is 4. The molecule has 1 aromatic rings. The molecule has 0 saturated carbocycles. The van der Waals surface area contributed by atoms with Crippen LogP contribution < -0.4 is 15.4 Å². The van der Waals surface area contributed by atoms with Crippen molar-refractivity contribution in [3.8, 4) is 5.75 Å². The van der Waals surface area contributed by atoms with Gasteiger partial charge in [0.15, 0.2) is 5.96 Å². The van der Waals surface area contributed by atoms with Crippen molar-refractivity contribution < 1.29 is 13.9 Å². The monoisotopic (exact) mass is 394 g/mol. The molecule has 0 unspecified atom stereocenters. The molecule has 1 fully saturated rings. The van der Waals surface area contributed by atoms with Crippen molar-refractivity contribution in [3.05, 3.63) is 30.1 Å². The van der Waals surface area contributed by atoms with Crippen LogP contribution in [0, 0.1) is 5.82 Å². The Labute approximate surface area is 168 Å². The molecule has 1 heterocycles. The molecule has 0 spiro atoms. The average Bonchev–Trinajstić information content (AvgIpc) is 2.70. The SMILES string of the molecule is CCNC(=NCC(C)(C)N1CCOCC1)NCCCCOc1ccc(F)cc1. The van der Waals surface area contributed by atoms with Gasteiger partial charge in [0, 0.05) is 31.7 Å². The van der Waals surface area contributed by atoms with E-state index in [9.17, 15) is 4.39 Å². The number of aliphatic imine (C=N–C) groups is 1. The van der Waals surface area contributed by atoms with Gasteiger partial charge in [0.2, 0.25) is 0 Å². The summed E-state index contributed by atoms with van der Waals surface area (Å²) in [6.45, 7) is 13.1. The molecule has 6 nitrogen and oxygen atoms in total. The number of unbranched alkanes of at least 4 members (excludes halogenated alkanes) is 1. The van der Waals surface area contributed by atoms with Crippen LogP contribution in [0.25, 0.3) is 0 Å². The number of rotatable bonds is 10. The second kappa shape index (κ2) is 11.9. The lowest BCUT2D eigenvalue weighted by Gasteiger charge is -2.39. The first-order valence-corrected chi connectivity index (χ1v) is 10.2. The summed E-state index contributed by atoms with van der Waals surface area (Å²) in [6, 6.07) is 6.13. The maximum absolute atomic E-state index is 12.9. The molecule has 158 valence electrons. The van der Waals surface area contributed by atoms with Crippen LogP contribution in [-0.4, -0.2) is 68.9 Å². The Morgan fingerprint density at radius 2 is 1.89 bits per heavy atom. The third-order valence-corrected chi connectivity index (χ3v) is 4.78. The molecule has 1 saturated heterocycles. The molecule has 0 atom stereocenters. The van der Waals surface area contributed by atoms with Gasteiger partial charge in [-0.2, -0.15) is 0 Å². The average molecular weight is 395 g/mol. The van der Waals surface area contributed by atoms with Crippen molar-refractivity contribution in [2.75, 3.05) is 52.5 Å². The van der Waals surface area contributed by atoms with Gasteiger partial charge in [0.1, 0.15) is 11.6 Å². The maximum atomic E-state index is 12.9. The molecule has 0 aromatic heterocycles. The smallest absolute Gasteiger partial charge is 0.191 e. The van der Waals surface area contributed by atoms with Crippen molar-refractivity contribution in [1.82, 2.24) is 15.5 Å². The van der Waals surface area contributed by atoms with Crippen molar-refractivity contribution in [1.29, 1.82) is 0 Å². The lowest BCUT2D eigenvalue weighted by atomic mass is 10.0. The minimum absolute atomic E-state index is 0.00906. The Morgan fingerprint density at radius 3 is 2.57 bits per heavy atom. The Hall–Kier alpha value is -1.86. The lowest BCUT2D eigenvalue weighted by molar-refractivity contribution is -0.00683. The molecule has 0 bridgehead atoms. The van der Waals surface area contributed by atoms with E-state index < -0.39 is 0 Å². The van der Waals surface area contributed by atoms with Crippen molar-refractivity contribution in [3.63, 3.8) is 0 Å². The van der Waals surface area contributed by atoms with Crippen LogP contribution in [0.3, 0.4) is 0 Å². The second-order valence-electron chi connectivity index (χ2n) is 7.54. The third kappa shape index (κ3) is 8.02. The van der Waals surface area contributed by atoms with Crippen LogP contribution in [0.2, 0.25) is 0 Å². The molecule has 0 radical (unpaired) electrons. The summed E-state index contributed by atoms with van der Waals surface area (Å²) in [6.07, 6.45) is 1.89. The number of ether oxygens (including phenoxy) is 2.